The van der Waals surface area contributed by atoms with Crippen molar-refractivity contribution in [2.45, 2.75) is 63.8 Å². The predicted octanol–water partition coefficient (Wildman–Crippen LogP) is 5.37. The van der Waals surface area contributed by atoms with E-state index in [-0.39, 0.29) is 0 Å². The molecule has 1 aromatic carbocycles. The normalized spacial score (nSPS) is 27.0. The zero-order valence-electron chi connectivity index (χ0n) is 13.8. The molecule has 1 saturated heterocycles. The Bertz CT molecular complexity index is 642. The summed E-state index contributed by atoms with van der Waals surface area (Å²) in [5.74, 6) is 0.756. The maximum Gasteiger partial charge on any atom is 0.0501 e. The highest BCUT2D eigenvalue weighted by molar-refractivity contribution is 5.85. The highest BCUT2D eigenvalue weighted by Gasteiger charge is 2.37. The summed E-state index contributed by atoms with van der Waals surface area (Å²) >= 11 is 0. The first-order chi connectivity index (χ1) is 10.9. The molecule has 2 bridgehead atoms. The van der Waals surface area contributed by atoms with Crippen LogP contribution in [0.15, 0.2) is 24.3 Å². The van der Waals surface area contributed by atoms with Crippen LogP contribution in [-0.2, 0) is 0 Å². The minimum Gasteiger partial charge on any atom is -0.357 e. The third-order valence-electron chi connectivity index (χ3n) is 5.74. The van der Waals surface area contributed by atoms with Gasteiger partial charge in [-0.3, -0.25) is 4.90 Å². The molecule has 2 nitrogen and oxygen atoms in total. The molecule has 2 aliphatic rings. The number of hydrogen-bond acceptors (Lipinski definition) is 1. The van der Waals surface area contributed by atoms with Crippen molar-refractivity contribution in [3.05, 3.63) is 35.5 Å². The van der Waals surface area contributed by atoms with E-state index in [1.165, 1.54) is 68.9 Å². The van der Waals surface area contributed by atoms with E-state index in [2.05, 4.69) is 41.1 Å². The van der Waals surface area contributed by atoms with Crippen molar-refractivity contribution in [3.8, 4) is 0 Å². The van der Waals surface area contributed by atoms with Crippen LogP contribution >= 0.6 is 0 Å². The summed E-state index contributed by atoms with van der Waals surface area (Å²) in [7, 11) is 0. The number of aromatic nitrogens is 1. The first-order valence-electron chi connectivity index (χ1n) is 9.23. The largest absolute Gasteiger partial charge is 0.357 e. The molecule has 0 radical (unpaired) electrons. The van der Waals surface area contributed by atoms with Crippen LogP contribution < -0.4 is 0 Å². The second-order valence-corrected chi connectivity index (χ2v) is 7.20. The zero-order valence-corrected chi connectivity index (χ0v) is 13.8. The number of hydrogen-bond donors (Lipinski definition) is 1. The molecule has 3 heterocycles. The summed E-state index contributed by atoms with van der Waals surface area (Å²) in [6.45, 7) is 4.88. The van der Waals surface area contributed by atoms with Crippen molar-refractivity contribution >= 4 is 10.9 Å². The zero-order chi connectivity index (χ0) is 14.9. The van der Waals surface area contributed by atoms with Gasteiger partial charge in [0.25, 0.3) is 0 Å². The lowest BCUT2D eigenvalue weighted by molar-refractivity contribution is 0.119. The fourth-order valence-electron chi connectivity index (χ4n) is 4.69. The number of H-pyrrole nitrogens is 1. The summed E-state index contributed by atoms with van der Waals surface area (Å²) < 4.78 is 0. The molecule has 3 atom stereocenters. The van der Waals surface area contributed by atoms with Crippen molar-refractivity contribution in [1.29, 1.82) is 0 Å². The molecular weight excluding hydrogens is 268 g/mol. The Morgan fingerprint density at radius 1 is 1.18 bits per heavy atom. The Labute approximate surface area is 133 Å². The molecule has 1 N–H and O–H groups in total. The van der Waals surface area contributed by atoms with Gasteiger partial charge in [0.2, 0.25) is 0 Å². The van der Waals surface area contributed by atoms with Gasteiger partial charge in [-0.25, -0.2) is 0 Å². The van der Waals surface area contributed by atoms with Gasteiger partial charge in [-0.1, -0.05) is 50.8 Å². The van der Waals surface area contributed by atoms with Gasteiger partial charge in [0.15, 0.2) is 0 Å². The molecule has 2 aliphatic heterocycles. The minimum absolute atomic E-state index is 0.635. The average molecular weight is 296 g/mol. The van der Waals surface area contributed by atoms with Crippen LogP contribution in [0.1, 0.15) is 75.1 Å². The first-order valence-corrected chi connectivity index (χ1v) is 9.23. The summed E-state index contributed by atoms with van der Waals surface area (Å²) in [6.07, 6.45) is 9.53. The lowest BCUT2D eigenvalue weighted by atomic mass is 9.81. The highest BCUT2D eigenvalue weighted by Crippen LogP contribution is 2.46. The van der Waals surface area contributed by atoms with E-state index >= 15 is 0 Å². The number of unbranched alkanes of at least 4 members (excludes halogenated alkanes) is 3. The van der Waals surface area contributed by atoms with Crippen molar-refractivity contribution in [2.24, 2.45) is 0 Å². The summed E-state index contributed by atoms with van der Waals surface area (Å²) in [5.41, 5.74) is 4.56. The number of piperidine rings is 1. The van der Waals surface area contributed by atoms with Crippen LogP contribution in [0, 0.1) is 0 Å². The molecule has 4 rings (SSSR count). The lowest BCUT2D eigenvalue weighted by Gasteiger charge is -2.43. The Morgan fingerprint density at radius 2 is 2.09 bits per heavy atom. The van der Waals surface area contributed by atoms with Crippen molar-refractivity contribution in [3.63, 3.8) is 0 Å². The third kappa shape index (κ3) is 2.38. The maximum atomic E-state index is 3.79. The molecule has 1 fully saturated rings. The molecule has 0 saturated carbocycles. The molecule has 1 aromatic heterocycles. The smallest absolute Gasteiger partial charge is 0.0501 e. The number of para-hydroxylation sites is 1. The van der Waals surface area contributed by atoms with Crippen molar-refractivity contribution in [1.82, 2.24) is 9.88 Å². The van der Waals surface area contributed by atoms with Crippen LogP contribution in [0.4, 0.5) is 0 Å². The Hall–Kier alpha value is -1.28. The number of benzene rings is 1. The van der Waals surface area contributed by atoms with Gasteiger partial charge >= 0.3 is 0 Å². The second kappa shape index (κ2) is 6.08. The van der Waals surface area contributed by atoms with E-state index in [0.29, 0.717) is 6.04 Å². The lowest BCUT2D eigenvalue weighted by Crippen LogP contribution is -2.41. The van der Waals surface area contributed by atoms with Crippen LogP contribution in [0.3, 0.4) is 0 Å². The summed E-state index contributed by atoms with van der Waals surface area (Å²) in [6, 6.07) is 9.56. The predicted molar refractivity (Wildman–Crippen MR) is 93.3 cm³/mol. The summed E-state index contributed by atoms with van der Waals surface area (Å²) in [5, 5.41) is 1.49. The molecule has 22 heavy (non-hydrogen) atoms. The van der Waals surface area contributed by atoms with Crippen LogP contribution in [0.2, 0.25) is 0 Å². The third-order valence-corrected chi connectivity index (χ3v) is 5.74. The van der Waals surface area contributed by atoms with E-state index in [1.807, 2.05) is 0 Å². The van der Waals surface area contributed by atoms with Gasteiger partial charge in [-0.2, -0.15) is 0 Å². The van der Waals surface area contributed by atoms with E-state index < -0.39 is 0 Å². The molecule has 2 heteroatoms. The summed E-state index contributed by atoms with van der Waals surface area (Å²) in [4.78, 5) is 6.56. The number of fused-ring (bicyclic) bond motifs is 6. The molecule has 2 aromatic rings. The highest BCUT2D eigenvalue weighted by atomic mass is 15.2. The van der Waals surface area contributed by atoms with Crippen molar-refractivity contribution < 1.29 is 0 Å². The van der Waals surface area contributed by atoms with Crippen LogP contribution in [0.5, 0.6) is 0 Å². The maximum absolute atomic E-state index is 3.79. The van der Waals surface area contributed by atoms with Gasteiger partial charge in [0, 0.05) is 23.1 Å². The quantitative estimate of drug-likeness (QED) is 0.735. The van der Waals surface area contributed by atoms with Gasteiger partial charge in [0.1, 0.15) is 0 Å². The van der Waals surface area contributed by atoms with Gasteiger partial charge in [-0.15, -0.1) is 0 Å². The number of nitrogens with one attached hydrogen (secondary N) is 1. The number of nitrogens with zero attached hydrogens (tertiary/aromatic N) is 1. The van der Waals surface area contributed by atoms with E-state index in [1.54, 1.807) is 11.3 Å². The fraction of sp³-hybridized carbons (Fsp3) is 0.600. The second-order valence-electron chi connectivity index (χ2n) is 7.20. The van der Waals surface area contributed by atoms with Crippen molar-refractivity contribution in [2.75, 3.05) is 13.1 Å². The fourth-order valence-corrected chi connectivity index (χ4v) is 4.69. The molecule has 0 aliphatic carbocycles. The first kappa shape index (κ1) is 14.3. The average Bonchev–Trinajstić information content (AvgIpc) is 2.94. The SMILES string of the molecule is CCCCCC[C@@H]1c2[nH]c3ccccc3c2[C@H]2CCCN1C2. The molecule has 118 valence electrons. The standard InChI is InChI=1S/C20H28N2/c1-2-3-4-5-12-18-20-19(15-9-8-13-22(18)14-15)16-10-6-7-11-17(16)21-20/h6-7,10-11,15,18,21H,2-5,8-9,12-14H2,1H3/t15-,18+/m0/s1. The molecular formula is C20H28N2. The Balaban J connectivity index is 1.68. The molecule has 0 amide bonds. The number of aromatic amines is 1. The monoisotopic (exact) mass is 296 g/mol. The van der Waals surface area contributed by atoms with Crippen LogP contribution in [-0.4, -0.2) is 23.0 Å². The van der Waals surface area contributed by atoms with Gasteiger partial charge in [0.05, 0.1) is 6.04 Å². The van der Waals surface area contributed by atoms with E-state index in [0.717, 1.165) is 5.92 Å². The van der Waals surface area contributed by atoms with Gasteiger partial charge < -0.3 is 4.98 Å². The Kier molecular flexibility index (Phi) is 3.96. The molecule has 0 spiro atoms. The Morgan fingerprint density at radius 3 is 3.00 bits per heavy atom. The van der Waals surface area contributed by atoms with Crippen LogP contribution in [0.25, 0.3) is 10.9 Å². The number of rotatable bonds is 5. The molecule has 1 unspecified atom stereocenters. The minimum atomic E-state index is 0.635. The topological polar surface area (TPSA) is 19.0 Å². The van der Waals surface area contributed by atoms with Gasteiger partial charge in [-0.05, 0) is 43.4 Å². The van der Waals surface area contributed by atoms with E-state index in [4.69, 9.17) is 0 Å². The van der Waals surface area contributed by atoms with E-state index in [9.17, 15) is 0 Å².